The molecule has 2 N–H and O–H groups in total. The molecule has 5 heteroatoms. The zero-order valence-corrected chi connectivity index (χ0v) is 20.1. The Hall–Kier alpha value is -1.92. The number of hydrogen-bond acceptors (Lipinski definition) is 4. The van der Waals surface area contributed by atoms with E-state index in [1.54, 1.807) is 0 Å². The second-order valence-corrected chi connectivity index (χ2v) is 13.7. The Morgan fingerprint density at radius 1 is 0.800 bits per heavy atom. The summed E-state index contributed by atoms with van der Waals surface area (Å²) >= 11 is 0. The lowest BCUT2D eigenvalue weighted by molar-refractivity contribution is 0.0730. The summed E-state index contributed by atoms with van der Waals surface area (Å²) in [4.78, 5) is 0. The van der Waals surface area contributed by atoms with E-state index in [4.69, 9.17) is 19.6 Å². The molecule has 0 heterocycles. The van der Waals surface area contributed by atoms with Crippen molar-refractivity contribution in [3.63, 3.8) is 0 Å². The first-order chi connectivity index (χ1) is 14.2. The van der Waals surface area contributed by atoms with Crippen LogP contribution in [-0.2, 0) is 15.7 Å². The highest BCUT2D eigenvalue weighted by Gasteiger charge is 2.36. The number of hydrogen-bond donors (Lipinski definition) is 1. The topological polar surface area (TPSA) is 53.7 Å². The van der Waals surface area contributed by atoms with Crippen LogP contribution in [0.4, 0.5) is 0 Å². The molecule has 0 spiro atoms. The lowest BCUT2D eigenvalue weighted by Crippen LogP contribution is -2.41. The average molecular weight is 428 g/mol. The SMILES string of the molecule is CC(C)(C)[Si](C)(C)OCCOCCOc1ccc(/C=C/c2ccc(CN)cc2)cc1. The molecule has 0 fully saturated rings. The van der Waals surface area contributed by atoms with Gasteiger partial charge in [0.1, 0.15) is 12.4 Å². The van der Waals surface area contributed by atoms with Gasteiger partial charge in [-0.05, 0) is 47.0 Å². The molecule has 0 unspecified atom stereocenters. The summed E-state index contributed by atoms with van der Waals surface area (Å²) < 4.78 is 17.5. The van der Waals surface area contributed by atoms with E-state index >= 15 is 0 Å². The second kappa shape index (κ2) is 11.5. The van der Waals surface area contributed by atoms with E-state index < -0.39 is 8.32 Å². The minimum atomic E-state index is -1.69. The molecule has 0 radical (unpaired) electrons. The van der Waals surface area contributed by atoms with E-state index in [9.17, 15) is 0 Å². The van der Waals surface area contributed by atoms with Crippen LogP contribution >= 0.6 is 0 Å². The van der Waals surface area contributed by atoms with Gasteiger partial charge in [-0.1, -0.05) is 69.3 Å². The van der Waals surface area contributed by atoms with Crippen molar-refractivity contribution < 1.29 is 13.9 Å². The highest BCUT2D eigenvalue weighted by Crippen LogP contribution is 2.36. The van der Waals surface area contributed by atoms with Gasteiger partial charge in [0.2, 0.25) is 0 Å². The fourth-order valence-electron chi connectivity index (χ4n) is 2.53. The molecule has 0 bridgehead atoms. The first kappa shape index (κ1) is 24.3. The third-order valence-corrected chi connectivity index (χ3v) is 10.1. The van der Waals surface area contributed by atoms with Crippen molar-refractivity contribution in [1.29, 1.82) is 0 Å². The Morgan fingerprint density at radius 3 is 1.87 bits per heavy atom. The monoisotopic (exact) mass is 427 g/mol. The number of rotatable bonds is 11. The summed E-state index contributed by atoms with van der Waals surface area (Å²) in [6.07, 6.45) is 4.18. The standard InChI is InChI=1S/C25H37NO3Si/c1-25(2,3)30(4,5)29-19-17-27-16-18-28-24-14-12-22(13-15-24)7-6-21-8-10-23(20-26)11-9-21/h6-15H,16-20,26H2,1-5H3/b7-6+. The van der Waals surface area contributed by atoms with Gasteiger partial charge in [-0.15, -0.1) is 0 Å². The molecule has 0 atom stereocenters. The van der Waals surface area contributed by atoms with Crippen LogP contribution in [0.5, 0.6) is 5.75 Å². The molecule has 2 aromatic carbocycles. The fraction of sp³-hybridized carbons (Fsp3) is 0.440. The normalized spacial score (nSPS) is 12.5. The largest absolute Gasteiger partial charge is 0.491 e. The lowest BCUT2D eigenvalue weighted by atomic mass is 10.1. The van der Waals surface area contributed by atoms with Crippen LogP contribution in [0.25, 0.3) is 12.2 Å². The average Bonchev–Trinajstić information content (AvgIpc) is 2.72. The van der Waals surface area contributed by atoms with Crippen molar-refractivity contribution in [3.05, 3.63) is 65.2 Å². The van der Waals surface area contributed by atoms with E-state index in [1.165, 1.54) is 0 Å². The Bertz CT molecular complexity index is 778. The van der Waals surface area contributed by atoms with Gasteiger partial charge in [0.15, 0.2) is 8.32 Å². The summed E-state index contributed by atoms with van der Waals surface area (Å²) in [5.74, 6) is 0.848. The number of nitrogens with two attached hydrogens (primary N) is 1. The molecule has 30 heavy (non-hydrogen) atoms. The van der Waals surface area contributed by atoms with Gasteiger partial charge in [0.25, 0.3) is 0 Å². The fourth-order valence-corrected chi connectivity index (χ4v) is 3.55. The van der Waals surface area contributed by atoms with Crippen LogP contribution in [0.15, 0.2) is 48.5 Å². The van der Waals surface area contributed by atoms with Crippen molar-refractivity contribution >= 4 is 20.5 Å². The zero-order chi connectivity index (χ0) is 22.0. The Labute approximate surface area is 183 Å². The molecule has 0 saturated carbocycles. The summed E-state index contributed by atoms with van der Waals surface area (Å²) in [6.45, 7) is 14.2. The number of benzene rings is 2. The lowest BCUT2D eigenvalue weighted by Gasteiger charge is -2.36. The van der Waals surface area contributed by atoms with E-state index in [1.807, 2.05) is 24.3 Å². The molecule has 0 aromatic heterocycles. The predicted octanol–water partition coefficient (Wildman–Crippen LogP) is 5.73. The van der Waals surface area contributed by atoms with Crippen molar-refractivity contribution in [2.75, 3.05) is 26.4 Å². The Kier molecular flexibility index (Phi) is 9.30. The zero-order valence-electron chi connectivity index (χ0n) is 19.1. The minimum Gasteiger partial charge on any atom is -0.491 e. The van der Waals surface area contributed by atoms with Crippen molar-refractivity contribution in [2.24, 2.45) is 5.73 Å². The van der Waals surface area contributed by atoms with Crippen LogP contribution in [-0.4, -0.2) is 34.7 Å². The highest BCUT2D eigenvalue weighted by atomic mass is 28.4. The molecule has 0 saturated heterocycles. The van der Waals surface area contributed by atoms with E-state index in [2.05, 4.69) is 70.3 Å². The molecular weight excluding hydrogens is 390 g/mol. The van der Waals surface area contributed by atoms with Gasteiger partial charge in [-0.2, -0.15) is 0 Å². The molecule has 2 aromatic rings. The van der Waals surface area contributed by atoms with Crippen LogP contribution in [0.2, 0.25) is 18.1 Å². The Balaban J connectivity index is 1.65. The molecule has 4 nitrogen and oxygen atoms in total. The molecule has 164 valence electrons. The second-order valence-electron chi connectivity index (χ2n) is 8.92. The van der Waals surface area contributed by atoms with E-state index in [0.29, 0.717) is 33.0 Å². The third-order valence-electron chi connectivity index (χ3n) is 5.56. The van der Waals surface area contributed by atoms with Gasteiger partial charge < -0.3 is 19.6 Å². The van der Waals surface area contributed by atoms with E-state index in [0.717, 1.165) is 22.4 Å². The van der Waals surface area contributed by atoms with E-state index in [-0.39, 0.29) is 5.04 Å². The quantitative estimate of drug-likeness (QED) is 0.282. The van der Waals surface area contributed by atoms with Gasteiger partial charge in [-0.3, -0.25) is 0 Å². The van der Waals surface area contributed by atoms with Crippen molar-refractivity contribution in [2.45, 2.75) is 45.4 Å². The molecular formula is C25H37NO3Si. The molecule has 0 amide bonds. The van der Waals surface area contributed by atoms with Gasteiger partial charge in [0.05, 0.1) is 19.8 Å². The molecule has 0 aliphatic heterocycles. The van der Waals surface area contributed by atoms with Crippen LogP contribution < -0.4 is 10.5 Å². The van der Waals surface area contributed by atoms with Crippen molar-refractivity contribution in [1.82, 2.24) is 0 Å². The maximum atomic E-state index is 6.10. The van der Waals surface area contributed by atoms with Crippen LogP contribution in [0, 0.1) is 0 Å². The maximum Gasteiger partial charge on any atom is 0.192 e. The molecule has 0 aliphatic carbocycles. The number of ether oxygens (including phenoxy) is 2. The van der Waals surface area contributed by atoms with Crippen LogP contribution in [0.3, 0.4) is 0 Å². The maximum absolute atomic E-state index is 6.10. The summed E-state index contributed by atoms with van der Waals surface area (Å²) in [7, 11) is -1.69. The summed E-state index contributed by atoms with van der Waals surface area (Å²) in [6, 6.07) is 16.3. The summed E-state index contributed by atoms with van der Waals surface area (Å²) in [5, 5.41) is 0.229. The first-order valence-corrected chi connectivity index (χ1v) is 13.5. The minimum absolute atomic E-state index is 0.229. The van der Waals surface area contributed by atoms with Gasteiger partial charge in [-0.25, -0.2) is 0 Å². The molecule has 0 aliphatic rings. The van der Waals surface area contributed by atoms with Gasteiger partial charge in [0, 0.05) is 6.54 Å². The summed E-state index contributed by atoms with van der Waals surface area (Å²) in [5.41, 5.74) is 9.06. The smallest absolute Gasteiger partial charge is 0.192 e. The molecule has 2 rings (SSSR count). The first-order valence-electron chi connectivity index (χ1n) is 10.6. The Morgan fingerprint density at radius 2 is 1.33 bits per heavy atom. The highest BCUT2D eigenvalue weighted by molar-refractivity contribution is 6.74. The van der Waals surface area contributed by atoms with Crippen LogP contribution in [0.1, 0.15) is 37.5 Å². The predicted molar refractivity (Wildman–Crippen MR) is 129 cm³/mol. The third kappa shape index (κ3) is 8.07. The van der Waals surface area contributed by atoms with Crippen molar-refractivity contribution in [3.8, 4) is 5.75 Å². The van der Waals surface area contributed by atoms with Gasteiger partial charge >= 0.3 is 0 Å².